The van der Waals surface area contributed by atoms with E-state index < -0.39 is 0 Å². The lowest BCUT2D eigenvalue weighted by Crippen LogP contribution is -2.17. The lowest BCUT2D eigenvalue weighted by atomic mass is 10.1. The molecule has 0 aromatic heterocycles. The van der Waals surface area contributed by atoms with Crippen LogP contribution in [0.2, 0.25) is 0 Å². The molecule has 0 aliphatic heterocycles. The minimum absolute atomic E-state index is 0.322. The fraction of sp³-hybridized carbons (Fsp3) is 0.400. The average Bonchev–Trinajstić information content (AvgIpc) is 2.06. The number of hydrogen-bond acceptors (Lipinski definition) is 2. The monoisotopic (exact) mass is 165 g/mol. The maximum absolute atomic E-state index is 9.05. The molecule has 0 radical (unpaired) electrons. The van der Waals surface area contributed by atoms with Crippen LogP contribution in [-0.4, -0.2) is 11.7 Å². The van der Waals surface area contributed by atoms with Gasteiger partial charge in [-0.2, -0.15) is 0 Å². The van der Waals surface area contributed by atoms with Gasteiger partial charge in [0.2, 0.25) is 0 Å². The minimum atomic E-state index is 0.322. The highest BCUT2D eigenvalue weighted by molar-refractivity contribution is 5.27. The maximum Gasteiger partial charge on any atom is 0.115 e. The summed E-state index contributed by atoms with van der Waals surface area (Å²) in [6, 6.07) is 7.65. The quantitative estimate of drug-likeness (QED) is 0.718. The molecule has 0 saturated carbocycles. The Morgan fingerprint density at radius 1 is 1.33 bits per heavy atom. The van der Waals surface area contributed by atoms with Crippen LogP contribution in [0.4, 0.5) is 0 Å². The van der Waals surface area contributed by atoms with Gasteiger partial charge in [0.1, 0.15) is 5.75 Å². The van der Waals surface area contributed by atoms with E-state index in [2.05, 4.69) is 19.2 Å². The van der Waals surface area contributed by atoms with Crippen molar-refractivity contribution in [3.63, 3.8) is 0 Å². The van der Waals surface area contributed by atoms with Gasteiger partial charge in [-0.3, -0.25) is 0 Å². The minimum Gasteiger partial charge on any atom is -0.508 e. The van der Waals surface area contributed by atoms with Crippen LogP contribution < -0.4 is 5.32 Å². The van der Waals surface area contributed by atoms with Gasteiger partial charge in [-0.1, -0.05) is 19.1 Å². The average molecular weight is 165 g/mol. The van der Waals surface area contributed by atoms with Crippen LogP contribution in [0.3, 0.4) is 0 Å². The summed E-state index contributed by atoms with van der Waals surface area (Å²) >= 11 is 0. The van der Waals surface area contributed by atoms with Crippen molar-refractivity contribution >= 4 is 0 Å². The Morgan fingerprint density at radius 2 is 1.92 bits per heavy atom. The molecular formula is C10H15NO. The first kappa shape index (κ1) is 9.07. The predicted molar refractivity (Wildman–Crippen MR) is 50.2 cm³/mol. The first-order valence-electron chi connectivity index (χ1n) is 4.26. The van der Waals surface area contributed by atoms with Crippen molar-refractivity contribution in [2.75, 3.05) is 6.54 Å². The van der Waals surface area contributed by atoms with Gasteiger partial charge in [-0.05, 0) is 31.2 Å². The van der Waals surface area contributed by atoms with Gasteiger partial charge in [0, 0.05) is 6.04 Å². The Morgan fingerprint density at radius 3 is 2.42 bits per heavy atom. The Bertz CT molecular complexity index is 230. The molecule has 2 N–H and O–H groups in total. The highest BCUT2D eigenvalue weighted by Gasteiger charge is 2.01. The van der Waals surface area contributed by atoms with Crippen molar-refractivity contribution in [1.29, 1.82) is 0 Å². The van der Waals surface area contributed by atoms with Crippen LogP contribution in [0.1, 0.15) is 25.5 Å². The second-order valence-electron chi connectivity index (χ2n) is 2.87. The van der Waals surface area contributed by atoms with Gasteiger partial charge in [-0.15, -0.1) is 0 Å². The van der Waals surface area contributed by atoms with Gasteiger partial charge >= 0.3 is 0 Å². The molecule has 0 bridgehead atoms. The number of nitrogens with one attached hydrogen (secondary N) is 1. The van der Waals surface area contributed by atoms with Crippen molar-refractivity contribution in [3.05, 3.63) is 29.8 Å². The molecule has 0 fully saturated rings. The zero-order chi connectivity index (χ0) is 8.97. The van der Waals surface area contributed by atoms with Crippen molar-refractivity contribution < 1.29 is 5.11 Å². The lowest BCUT2D eigenvalue weighted by molar-refractivity contribution is 0.474. The summed E-state index contributed by atoms with van der Waals surface area (Å²) in [5.74, 6) is 0.322. The van der Waals surface area contributed by atoms with Crippen LogP contribution in [0.15, 0.2) is 24.3 Å². The van der Waals surface area contributed by atoms with Crippen LogP contribution in [0.5, 0.6) is 5.75 Å². The molecule has 0 aliphatic rings. The number of benzene rings is 1. The first-order valence-corrected chi connectivity index (χ1v) is 4.26. The summed E-state index contributed by atoms with van der Waals surface area (Å²) in [5, 5.41) is 12.3. The first-order chi connectivity index (χ1) is 5.74. The Kier molecular flexibility index (Phi) is 3.11. The topological polar surface area (TPSA) is 32.3 Å². The second kappa shape index (κ2) is 4.12. The molecule has 0 aliphatic carbocycles. The largest absolute Gasteiger partial charge is 0.508 e. The molecule has 0 unspecified atom stereocenters. The zero-order valence-electron chi connectivity index (χ0n) is 7.54. The van der Waals surface area contributed by atoms with E-state index in [0.717, 1.165) is 6.54 Å². The molecule has 2 heteroatoms. The van der Waals surface area contributed by atoms with E-state index in [1.165, 1.54) is 5.56 Å². The van der Waals surface area contributed by atoms with E-state index >= 15 is 0 Å². The highest BCUT2D eigenvalue weighted by atomic mass is 16.3. The maximum atomic E-state index is 9.05. The van der Waals surface area contributed by atoms with E-state index in [1.54, 1.807) is 12.1 Å². The molecule has 66 valence electrons. The van der Waals surface area contributed by atoms with Crippen molar-refractivity contribution in [1.82, 2.24) is 5.32 Å². The van der Waals surface area contributed by atoms with Gasteiger partial charge in [0.25, 0.3) is 0 Å². The molecular weight excluding hydrogens is 150 g/mol. The van der Waals surface area contributed by atoms with Crippen molar-refractivity contribution in [2.45, 2.75) is 19.9 Å². The van der Waals surface area contributed by atoms with E-state index in [0.29, 0.717) is 11.8 Å². The zero-order valence-corrected chi connectivity index (χ0v) is 7.54. The Balaban J connectivity index is 2.68. The van der Waals surface area contributed by atoms with E-state index in [-0.39, 0.29) is 0 Å². The van der Waals surface area contributed by atoms with Gasteiger partial charge in [0.05, 0.1) is 0 Å². The molecule has 1 atom stereocenters. The van der Waals surface area contributed by atoms with Gasteiger partial charge in [0.15, 0.2) is 0 Å². The fourth-order valence-corrected chi connectivity index (χ4v) is 1.19. The van der Waals surface area contributed by atoms with E-state index in [9.17, 15) is 0 Å². The molecule has 12 heavy (non-hydrogen) atoms. The van der Waals surface area contributed by atoms with Crippen LogP contribution >= 0.6 is 0 Å². The van der Waals surface area contributed by atoms with Crippen LogP contribution in [0.25, 0.3) is 0 Å². The summed E-state index contributed by atoms with van der Waals surface area (Å²) in [6.07, 6.45) is 0. The van der Waals surface area contributed by atoms with Crippen LogP contribution in [0, 0.1) is 0 Å². The van der Waals surface area contributed by atoms with Crippen molar-refractivity contribution in [2.24, 2.45) is 0 Å². The van der Waals surface area contributed by atoms with E-state index in [1.807, 2.05) is 12.1 Å². The summed E-state index contributed by atoms with van der Waals surface area (Å²) in [7, 11) is 0. The normalized spacial score (nSPS) is 12.8. The summed E-state index contributed by atoms with van der Waals surface area (Å²) in [6.45, 7) is 5.15. The smallest absolute Gasteiger partial charge is 0.115 e. The molecule has 1 aromatic carbocycles. The standard InChI is InChI=1S/C10H15NO/c1-3-11-8(2)9-4-6-10(12)7-5-9/h4-8,11-12H,3H2,1-2H3/t8-/m0/s1. The lowest BCUT2D eigenvalue weighted by Gasteiger charge is -2.11. The Hall–Kier alpha value is -1.02. The fourth-order valence-electron chi connectivity index (χ4n) is 1.19. The summed E-state index contributed by atoms with van der Waals surface area (Å²) in [4.78, 5) is 0. The molecule has 1 aromatic rings. The van der Waals surface area contributed by atoms with Gasteiger partial charge in [-0.25, -0.2) is 0 Å². The van der Waals surface area contributed by atoms with Gasteiger partial charge < -0.3 is 10.4 Å². The third kappa shape index (κ3) is 2.24. The van der Waals surface area contributed by atoms with E-state index in [4.69, 9.17) is 5.11 Å². The molecule has 0 amide bonds. The third-order valence-corrected chi connectivity index (χ3v) is 1.90. The third-order valence-electron chi connectivity index (χ3n) is 1.90. The second-order valence-corrected chi connectivity index (χ2v) is 2.87. The number of hydrogen-bond donors (Lipinski definition) is 2. The van der Waals surface area contributed by atoms with Crippen molar-refractivity contribution in [3.8, 4) is 5.75 Å². The SMILES string of the molecule is CCN[C@@H](C)c1ccc(O)cc1. The predicted octanol–water partition coefficient (Wildman–Crippen LogP) is 2.06. The summed E-state index contributed by atoms with van der Waals surface area (Å²) < 4.78 is 0. The molecule has 0 saturated heterocycles. The van der Waals surface area contributed by atoms with Crippen LogP contribution in [-0.2, 0) is 0 Å². The molecule has 0 heterocycles. The number of phenolic OH excluding ortho intramolecular Hbond substituents is 1. The summed E-state index contributed by atoms with van der Waals surface area (Å²) in [5.41, 5.74) is 1.20. The number of aromatic hydroxyl groups is 1. The highest BCUT2D eigenvalue weighted by Crippen LogP contribution is 2.15. The number of phenols is 1. The molecule has 1 rings (SSSR count). The number of rotatable bonds is 3. The Labute approximate surface area is 73.2 Å². The molecule has 2 nitrogen and oxygen atoms in total. The molecule has 0 spiro atoms.